The Morgan fingerprint density at radius 2 is 2.00 bits per heavy atom. The normalized spacial score (nSPS) is 10.3. The van der Waals surface area contributed by atoms with Gasteiger partial charge in [0.2, 0.25) is 0 Å². The number of carbonyl (C=O) groups excluding carboxylic acids is 2. The van der Waals surface area contributed by atoms with Gasteiger partial charge >= 0.3 is 5.97 Å². The maximum Gasteiger partial charge on any atom is 0.331 e. The van der Waals surface area contributed by atoms with E-state index in [9.17, 15) is 9.59 Å². The number of carbonyl (C=O) groups is 2. The van der Waals surface area contributed by atoms with Crippen LogP contribution in [-0.4, -0.2) is 39.8 Å². The van der Waals surface area contributed by atoms with E-state index in [0.717, 1.165) is 0 Å². The minimum absolute atomic E-state index is 0.327. The van der Waals surface area contributed by atoms with Gasteiger partial charge in [0.15, 0.2) is 18.1 Å². The second kappa shape index (κ2) is 8.16. The van der Waals surface area contributed by atoms with Crippen molar-refractivity contribution in [3.8, 4) is 11.5 Å². The molecule has 0 aromatic heterocycles. The standard InChI is InChI=1S/C14H16ClNO5/c1-16-12(17)8-21-13(18)5-4-9-6-10(15)14(20-3)11(7-9)19-2/h4-7H,8H2,1-3H3,(H,16,17)/b5-4+. The summed E-state index contributed by atoms with van der Waals surface area (Å²) in [6.07, 6.45) is 2.69. The van der Waals surface area contributed by atoms with E-state index in [1.165, 1.54) is 33.4 Å². The third-order valence-corrected chi connectivity index (χ3v) is 2.77. The first-order valence-electron chi connectivity index (χ1n) is 5.98. The molecule has 0 bridgehead atoms. The summed E-state index contributed by atoms with van der Waals surface area (Å²) in [6, 6.07) is 3.28. The van der Waals surface area contributed by atoms with Crippen molar-refractivity contribution in [3.63, 3.8) is 0 Å². The number of amides is 1. The Labute approximate surface area is 127 Å². The van der Waals surface area contributed by atoms with Gasteiger partial charge in [0.25, 0.3) is 5.91 Å². The Morgan fingerprint density at radius 1 is 1.29 bits per heavy atom. The average Bonchev–Trinajstić information content (AvgIpc) is 2.49. The molecule has 114 valence electrons. The monoisotopic (exact) mass is 313 g/mol. The highest BCUT2D eigenvalue weighted by molar-refractivity contribution is 6.32. The zero-order valence-corrected chi connectivity index (χ0v) is 12.7. The van der Waals surface area contributed by atoms with Gasteiger partial charge < -0.3 is 19.5 Å². The number of halogens is 1. The van der Waals surface area contributed by atoms with Crippen LogP contribution in [0.15, 0.2) is 18.2 Å². The first-order chi connectivity index (χ1) is 10.0. The molecule has 1 amide bonds. The van der Waals surface area contributed by atoms with Gasteiger partial charge in [-0.15, -0.1) is 0 Å². The molecular formula is C14H16ClNO5. The smallest absolute Gasteiger partial charge is 0.331 e. The summed E-state index contributed by atoms with van der Waals surface area (Å²) in [4.78, 5) is 22.4. The van der Waals surface area contributed by atoms with E-state index < -0.39 is 5.97 Å². The van der Waals surface area contributed by atoms with Crippen LogP contribution in [0.2, 0.25) is 5.02 Å². The summed E-state index contributed by atoms with van der Waals surface area (Å²) in [5.74, 6) is -0.155. The molecule has 7 heteroatoms. The van der Waals surface area contributed by atoms with Crippen molar-refractivity contribution in [2.24, 2.45) is 0 Å². The molecule has 0 aliphatic carbocycles. The van der Waals surface area contributed by atoms with Crippen LogP contribution >= 0.6 is 11.6 Å². The third-order valence-electron chi connectivity index (χ3n) is 2.49. The second-order valence-corrected chi connectivity index (χ2v) is 4.26. The number of benzene rings is 1. The first kappa shape index (κ1) is 16.8. The van der Waals surface area contributed by atoms with Crippen LogP contribution in [0, 0.1) is 0 Å². The Morgan fingerprint density at radius 3 is 2.57 bits per heavy atom. The highest BCUT2D eigenvalue weighted by Crippen LogP contribution is 2.36. The molecule has 0 saturated carbocycles. The Bertz CT molecular complexity index is 557. The molecule has 1 aromatic carbocycles. The second-order valence-electron chi connectivity index (χ2n) is 3.85. The summed E-state index contributed by atoms with van der Waals surface area (Å²) in [5.41, 5.74) is 0.634. The molecule has 21 heavy (non-hydrogen) atoms. The van der Waals surface area contributed by atoms with Crippen LogP contribution in [0.1, 0.15) is 5.56 Å². The van der Waals surface area contributed by atoms with Gasteiger partial charge in [-0.05, 0) is 23.8 Å². The number of esters is 1. The van der Waals surface area contributed by atoms with Crippen molar-refractivity contribution < 1.29 is 23.8 Å². The summed E-state index contributed by atoms with van der Waals surface area (Å²) in [7, 11) is 4.42. The third kappa shape index (κ3) is 5.00. The number of hydrogen-bond donors (Lipinski definition) is 1. The predicted octanol–water partition coefficient (Wildman–Crippen LogP) is 1.66. The van der Waals surface area contributed by atoms with E-state index in [1.54, 1.807) is 12.1 Å². The van der Waals surface area contributed by atoms with Gasteiger partial charge in [-0.1, -0.05) is 11.6 Å². The molecule has 6 nitrogen and oxygen atoms in total. The van der Waals surface area contributed by atoms with Crippen LogP contribution in [0.4, 0.5) is 0 Å². The zero-order valence-electron chi connectivity index (χ0n) is 11.9. The van der Waals surface area contributed by atoms with E-state index in [1.807, 2.05) is 0 Å². The fourth-order valence-corrected chi connectivity index (χ4v) is 1.75. The van der Waals surface area contributed by atoms with E-state index in [2.05, 4.69) is 5.32 Å². The van der Waals surface area contributed by atoms with Crippen molar-refractivity contribution in [1.29, 1.82) is 0 Å². The molecule has 0 aliphatic rings. The van der Waals surface area contributed by atoms with E-state index >= 15 is 0 Å². The summed E-state index contributed by atoms with van der Waals surface area (Å²) in [6.45, 7) is -0.327. The van der Waals surface area contributed by atoms with Gasteiger partial charge in [0.05, 0.1) is 19.2 Å². The number of likely N-dealkylation sites (N-methyl/N-ethyl adjacent to an activating group) is 1. The van der Waals surface area contributed by atoms with E-state index in [0.29, 0.717) is 22.1 Å². The lowest BCUT2D eigenvalue weighted by Crippen LogP contribution is -2.24. The minimum atomic E-state index is -0.635. The highest BCUT2D eigenvalue weighted by atomic mass is 35.5. The number of ether oxygens (including phenoxy) is 3. The topological polar surface area (TPSA) is 73.9 Å². The number of rotatable bonds is 6. The minimum Gasteiger partial charge on any atom is -0.493 e. The van der Waals surface area contributed by atoms with Crippen molar-refractivity contribution in [3.05, 3.63) is 28.8 Å². The summed E-state index contributed by atoms with van der Waals surface area (Å²) >= 11 is 6.04. The summed E-state index contributed by atoms with van der Waals surface area (Å²) in [5, 5.41) is 2.70. The highest BCUT2D eigenvalue weighted by Gasteiger charge is 2.10. The maximum atomic E-state index is 11.4. The molecule has 0 heterocycles. The van der Waals surface area contributed by atoms with Crippen LogP contribution < -0.4 is 14.8 Å². The lowest BCUT2D eigenvalue weighted by molar-refractivity contribution is -0.143. The van der Waals surface area contributed by atoms with Crippen molar-refractivity contribution >= 4 is 29.6 Å². The fraction of sp³-hybridized carbons (Fsp3) is 0.286. The zero-order chi connectivity index (χ0) is 15.8. The number of methoxy groups -OCH3 is 2. The molecule has 0 aliphatic heterocycles. The van der Waals surface area contributed by atoms with E-state index in [-0.39, 0.29) is 12.5 Å². The lowest BCUT2D eigenvalue weighted by Gasteiger charge is -2.10. The van der Waals surface area contributed by atoms with Crippen LogP contribution in [0.25, 0.3) is 6.08 Å². The Balaban J connectivity index is 2.78. The quantitative estimate of drug-likeness (QED) is 0.638. The molecular weight excluding hydrogens is 298 g/mol. The van der Waals surface area contributed by atoms with Crippen molar-refractivity contribution in [2.75, 3.05) is 27.9 Å². The first-order valence-corrected chi connectivity index (χ1v) is 6.36. The summed E-state index contributed by atoms with van der Waals surface area (Å²) < 4.78 is 15.0. The maximum absolute atomic E-state index is 11.4. The largest absolute Gasteiger partial charge is 0.493 e. The predicted molar refractivity (Wildman–Crippen MR) is 78.6 cm³/mol. The molecule has 0 spiro atoms. The van der Waals surface area contributed by atoms with Gasteiger partial charge in [-0.3, -0.25) is 4.79 Å². The molecule has 1 N–H and O–H groups in total. The molecule has 0 saturated heterocycles. The fourth-order valence-electron chi connectivity index (χ4n) is 1.46. The van der Waals surface area contributed by atoms with Crippen molar-refractivity contribution in [1.82, 2.24) is 5.32 Å². The van der Waals surface area contributed by atoms with Gasteiger partial charge in [0, 0.05) is 13.1 Å². The van der Waals surface area contributed by atoms with Crippen molar-refractivity contribution in [2.45, 2.75) is 0 Å². The Kier molecular flexibility index (Phi) is 6.55. The molecule has 1 rings (SSSR count). The Hall–Kier alpha value is -2.21. The van der Waals surface area contributed by atoms with Gasteiger partial charge in [-0.25, -0.2) is 4.79 Å². The lowest BCUT2D eigenvalue weighted by atomic mass is 10.2. The van der Waals surface area contributed by atoms with Gasteiger partial charge in [-0.2, -0.15) is 0 Å². The van der Waals surface area contributed by atoms with Crippen LogP contribution in [0.5, 0.6) is 11.5 Å². The van der Waals surface area contributed by atoms with Gasteiger partial charge in [0.1, 0.15) is 0 Å². The molecule has 0 radical (unpaired) electrons. The number of hydrogen-bond acceptors (Lipinski definition) is 5. The number of nitrogens with one attached hydrogen (secondary N) is 1. The average molecular weight is 314 g/mol. The van der Waals surface area contributed by atoms with Crippen LogP contribution in [0.3, 0.4) is 0 Å². The SMILES string of the molecule is CNC(=O)COC(=O)/C=C/c1cc(Cl)c(OC)c(OC)c1. The van der Waals surface area contributed by atoms with E-state index in [4.69, 9.17) is 25.8 Å². The van der Waals surface area contributed by atoms with Crippen LogP contribution in [-0.2, 0) is 14.3 Å². The molecule has 1 aromatic rings. The molecule has 0 unspecified atom stereocenters. The molecule has 0 atom stereocenters. The molecule has 0 fully saturated rings.